The lowest BCUT2D eigenvalue weighted by Crippen LogP contribution is -2.44. The van der Waals surface area contributed by atoms with Crippen molar-refractivity contribution in [3.63, 3.8) is 0 Å². The zero-order valence-electron chi connectivity index (χ0n) is 12.0. The third-order valence-corrected chi connectivity index (χ3v) is 3.80. The number of rotatable bonds is 3. The van der Waals surface area contributed by atoms with Crippen LogP contribution in [0.4, 0.5) is 16.3 Å². The van der Waals surface area contributed by atoms with Crippen molar-refractivity contribution in [3.05, 3.63) is 18.3 Å². The van der Waals surface area contributed by atoms with Crippen LogP contribution in [0, 0.1) is 0 Å². The Morgan fingerprint density at radius 3 is 2.41 bits per heavy atom. The van der Waals surface area contributed by atoms with E-state index in [9.17, 15) is 9.90 Å². The number of aromatic nitrogens is 1. The van der Waals surface area contributed by atoms with Gasteiger partial charge in [-0.1, -0.05) is 34.8 Å². The van der Waals surface area contributed by atoms with Gasteiger partial charge in [-0.2, -0.15) is 0 Å². The van der Waals surface area contributed by atoms with Gasteiger partial charge in [-0.3, -0.25) is 4.90 Å². The molecule has 1 aliphatic heterocycles. The van der Waals surface area contributed by atoms with Crippen LogP contribution in [0.1, 0.15) is 0 Å². The lowest BCUT2D eigenvalue weighted by Gasteiger charge is -2.33. The van der Waals surface area contributed by atoms with Crippen molar-refractivity contribution < 1.29 is 9.90 Å². The molecule has 2 heterocycles. The number of halogens is 3. The van der Waals surface area contributed by atoms with E-state index in [4.69, 9.17) is 34.8 Å². The van der Waals surface area contributed by atoms with Crippen molar-refractivity contribution in [1.82, 2.24) is 9.88 Å². The summed E-state index contributed by atoms with van der Waals surface area (Å²) in [5.74, 6) is 0.816. The molecule has 1 aromatic heterocycles. The molecule has 0 spiro atoms. The maximum Gasteiger partial charge on any atom is 0.412 e. The normalized spacial score (nSPS) is 16.6. The number of carbonyl (C=O) groups is 1. The average Bonchev–Trinajstić information content (AvgIpc) is 2.45. The lowest BCUT2D eigenvalue weighted by atomic mass is 10.3. The molecular formula is C13H17Cl3N4O2. The maximum absolute atomic E-state index is 11.3. The molecule has 0 unspecified atom stereocenters. The Hall–Kier alpha value is -0.950. The first-order valence-electron chi connectivity index (χ1n) is 6.73. The molecule has 1 N–H and O–H groups in total. The summed E-state index contributed by atoms with van der Waals surface area (Å²) in [5, 5.41) is 9.24. The molecule has 1 amide bonds. The van der Waals surface area contributed by atoms with Crippen LogP contribution in [0.15, 0.2) is 18.3 Å². The zero-order valence-corrected chi connectivity index (χ0v) is 14.3. The summed E-state index contributed by atoms with van der Waals surface area (Å²) >= 11 is 17.0. The summed E-state index contributed by atoms with van der Waals surface area (Å²) in [7, 11) is 2.08. The number of anilines is 2. The minimum atomic E-state index is -1.69. The highest BCUT2D eigenvalue weighted by molar-refractivity contribution is 6.68. The van der Waals surface area contributed by atoms with E-state index in [0.717, 1.165) is 36.9 Å². The van der Waals surface area contributed by atoms with E-state index in [0.29, 0.717) is 5.69 Å². The van der Waals surface area contributed by atoms with Gasteiger partial charge in [-0.15, -0.1) is 0 Å². The van der Waals surface area contributed by atoms with E-state index < -0.39 is 9.89 Å². The van der Waals surface area contributed by atoms with Crippen molar-refractivity contribution in [2.45, 2.75) is 3.79 Å². The van der Waals surface area contributed by atoms with Crippen LogP contribution in [0.5, 0.6) is 0 Å². The Morgan fingerprint density at radius 1 is 1.32 bits per heavy atom. The molecule has 1 aliphatic rings. The molecule has 1 fully saturated rings. The van der Waals surface area contributed by atoms with E-state index in [1.165, 1.54) is 6.20 Å². The summed E-state index contributed by atoms with van der Waals surface area (Å²) < 4.78 is -1.69. The molecule has 6 nitrogen and oxygen atoms in total. The number of alkyl halides is 3. The topological polar surface area (TPSA) is 59.9 Å². The molecule has 0 radical (unpaired) electrons. The second-order valence-corrected chi connectivity index (χ2v) is 7.66. The Bertz CT molecular complexity index is 513. The lowest BCUT2D eigenvalue weighted by molar-refractivity contribution is 0.202. The van der Waals surface area contributed by atoms with Crippen molar-refractivity contribution >= 4 is 52.4 Å². The van der Waals surface area contributed by atoms with Crippen molar-refractivity contribution in [2.75, 3.05) is 49.6 Å². The van der Waals surface area contributed by atoms with Crippen LogP contribution in [0.3, 0.4) is 0 Å². The molecule has 22 heavy (non-hydrogen) atoms. The van der Waals surface area contributed by atoms with Crippen LogP contribution >= 0.6 is 34.8 Å². The van der Waals surface area contributed by atoms with E-state index in [-0.39, 0.29) is 6.54 Å². The molecule has 0 atom stereocenters. The molecule has 1 aromatic rings. The predicted molar refractivity (Wildman–Crippen MR) is 89.6 cm³/mol. The Kier molecular flexibility index (Phi) is 5.60. The van der Waals surface area contributed by atoms with Gasteiger partial charge in [-0.05, 0) is 19.2 Å². The summed E-state index contributed by atoms with van der Waals surface area (Å²) in [6.07, 6.45) is 0.290. The summed E-state index contributed by atoms with van der Waals surface area (Å²) in [5.41, 5.74) is 0.372. The number of nitrogens with zero attached hydrogens (tertiary/aromatic N) is 4. The third-order valence-electron chi connectivity index (χ3n) is 3.44. The van der Waals surface area contributed by atoms with E-state index in [2.05, 4.69) is 21.8 Å². The van der Waals surface area contributed by atoms with Gasteiger partial charge in [-0.25, -0.2) is 9.78 Å². The fraction of sp³-hybridized carbons (Fsp3) is 0.538. The fourth-order valence-electron chi connectivity index (χ4n) is 2.21. The average molecular weight is 368 g/mol. The summed E-state index contributed by atoms with van der Waals surface area (Å²) in [6.45, 7) is 3.46. The SMILES string of the molecule is CN1CCN(c2ccc(N(CC(Cl)(Cl)Cl)C(=O)O)cn2)CC1. The number of pyridine rings is 1. The predicted octanol–water partition coefficient (Wildman–Crippen LogP) is 2.69. The fourth-order valence-corrected chi connectivity index (χ4v) is 2.57. The highest BCUT2D eigenvalue weighted by Gasteiger charge is 2.28. The van der Waals surface area contributed by atoms with Crippen LogP contribution < -0.4 is 9.80 Å². The minimum absolute atomic E-state index is 0.261. The van der Waals surface area contributed by atoms with Gasteiger partial charge in [0, 0.05) is 26.2 Å². The first-order chi connectivity index (χ1) is 10.3. The molecular weight excluding hydrogens is 351 g/mol. The third kappa shape index (κ3) is 4.78. The standard InChI is InChI=1S/C13H17Cl3N4O2/c1-18-4-6-19(7-5-18)11-3-2-10(8-17-11)20(12(21)22)9-13(14,15)16/h2-3,8H,4-7,9H2,1H3,(H,21,22). The van der Waals surface area contributed by atoms with E-state index in [1.54, 1.807) is 12.1 Å². The van der Waals surface area contributed by atoms with Crippen molar-refractivity contribution in [3.8, 4) is 0 Å². The summed E-state index contributed by atoms with van der Waals surface area (Å²) in [4.78, 5) is 21.0. The Labute approximate surface area is 144 Å². The number of amides is 1. The number of likely N-dealkylation sites (N-methyl/N-ethyl adjacent to an activating group) is 1. The van der Waals surface area contributed by atoms with Gasteiger partial charge in [0.15, 0.2) is 0 Å². The molecule has 0 aliphatic carbocycles. The van der Waals surface area contributed by atoms with Crippen LogP contribution in [-0.2, 0) is 0 Å². The molecule has 0 saturated carbocycles. The summed E-state index contributed by atoms with van der Waals surface area (Å²) in [6, 6.07) is 3.46. The maximum atomic E-state index is 11.3. The number of carboxylic acid groups (broad SMARTS) is 1. The zero-order chi connectivity index (χ0) is 16.3. The van der Waals surface area contributed by atoms with E-state index >= 15 is 0 Å². The number of piperazine rings is 1. The quantitative estimate of drug-likeness (QED) is 0.832. The van der Waals surface area contributed by atoms with Crippen molar-refractivity contribution in [1.29, 1.82) is 0 Å². The molecule has 1 saturated heterocycles. The monoisotopic (exact) mass is 366 g/mol. The first kappa shape index (κ1) is 17.4. The van der Waals surface area contributed by atoms with Crippen LogP contribution in [-0.4, -0.2) is 64.6 Å². The highest BCUT2D eigenvalue weighted by Crippen LogP contribution is 2.29. The molecule has 122 valence electrons. The van der Waals surface area contributed by atoms with Crippen molar-refractivity contribution in [2.24, 2.45) is 0 Å². The largest absolute Gasteiger partial charge is 0.465 e. The molecule has 0 bridgehead atoms. The van der Waals surface area contributed by atoms with Gasteiger partial charge in [0.2, 0.25) is 3.79 Å². The highest BCUT2D eigenvalue weighted by atomic mass is 35.6. The van der Waals surface area contributed by atoms with Crippen LogP contribution in [0.2, 0.25) is 0 Å². The van der Waals surface area contributed by atoms with Gasteiger partial charge in [0.05, 0.1) is 18.4 Å². The Morgan fingerprint density at radius 2 is 1.95 bits per heavy atom. The Balaban J connectivity index is 2.11. The second-order valence-electron chi connectivity index (χ2n) is 5.15. The molecule has 9 heteroatoms. The number of hydrogen-bond donors (Lipinski definition) is 1. The number of hydrogen-bond acceptors (Lipinski definition) is 4. The smallest absolute Gasteiger partial charge is 0.412 e. The van der Waals surface area contributed by atoms with Gasteiger partial charge in [0.1, 0.15) is 5.82 Å². The van der Waals surface area contributed by atoms with Crippen LogP contribution in [0.25, 0.3) is 0 Å². The second kappa shape index (κ2) is 7.08. The first-order valence-corrected chi connectivity index (χ1v) is 7.86. The molecule has 2 rings (SSSR count). The van der Waals surface area contributed by atoms with Gasteiger partial charge >= 0.3 is 6.09 Å². The van der Waals surface area contributed by atoms with Gasteiger partial charge < -0.3 is 14.9 Å². The van der Waals surface area contributed by atoms with E-state index in [1.807, 2.05) is 0 Å². The van der Waals surface area contributed by atoms with Gasteiger partial charge in [0.25, 0.3) is 0 Å². The molecule has 0 aromatic carbocycles. The minimum Gasteiger partial charge on any atom is -0.465 e.